The first kappa shape index (κ1) is 14.6. The summed E-state index contributed by atoms with van der Waals surface area (Å²) in [5, 5.41) is 5.67. The fraction of sp³-hybridized carbons (Fsp3) is 0.188. The molecule has 0 unspecified atom stereocenters. The Hall–Kier alpha value is -1.81. The smallest absolute Gasteiger partial charge is 0.319 e. The van der Waals surface area contributed by atoms with Gasteiger partial charge in [-0.25, -0.2) is 4.79 Å². The lowest BCUT2D eigenvalue weighted by atomic mass is 10.1. The molecule has 0 fully saturated rings. The van der Waals surface area contributed by atoms with Crippen LogP contribution in [0.5, 0.6) is 0 Å². The van der Waals surface area contributed by atoms with Crippen LogP contribution in [0, 0.1) is 13.8 Å². The van der Waals surface area contributed by atoms with Crippen LogP contribution in [0.25, 0.3) is 0 Å². The van der Waals surface area contributed by atoms with E-state index in [-0.39, 0.29) is 6.03 Å². The van der Waals surface area contributed by atoms with Crippen LogP contribution in [-0.4, -0.2) is 6.03 Å². The largest absolute Gasteiger partial charge is 0.334 e. The van der Waals surface area contributed by atoms with Crippen LogP contribution in [-0.2, 0) is 6.54 Å². The molecule has 0 aromatic heterocycles. The van der Waals surface area contributed by atoms with E-state index in [1.807, 2.05) is 24.3 Å². The fourth-order valence-electron chi connectivity index (χ4n) is 2.08. The summed E-state index contributed by atoms with van der Waals surface area (Å²) in [6.07, 6.45) is 0. The average Bonchev–Trinajstić information content (AvgIpc) is 2.38. The average molecular weight is 333 g/mol. The number of anilines is 1. The number of carbonyl (C=O) groups is 1. The number of aryl methyl sites for hydroxylation is 2. The zero-order valence-corrected chi connectivity index (χ0v) is 13.1. The van der Waals surface area contributed by atoms with E-state index in [1.165, 1.54) is 11.1 Å². The van der Waals surface area contributed by atoms with Gasteiger partial charge in [0.25, 0.3) is 0 Å². The highest BCUT2D eigenvalue weighted by molar-refractivity contribution is 9.10. The second-order valence-corrected chi connectivity index (χ2v) is 5.64. The molecule has 2 amide bonds. The number of hydrogen-bond donors (Lipinski definition) is 2. The van der Waals surface area contributed by atoms with Gasteiger partial charge >= 0.3 is 6.03 Å². The molecule has 2 N–H and O–H groups in total. The molecule has 0 aliphatic heterocycles. The third kappa shape index (κ3) is 4.10. The Labute approximate surface area is 127 Å². The van der Waals surface area contributed by atoms with Gasteiger partial charge in [0.1, 0.15) is 0 Å². The molecule has 104 valence electrons. The summed E-state index contributed by atoms with van der Waals surface area (Å²) in [5.41, 5.74) is 4.26. The zero-order chi connectivity index (χ0) is 14.5. The molecule has 0 radical (unpaired) electrons. The van der Waals surface area contributed by atoms with E-state index in [9.17, 15) is 4.79 Å². The van der Waals surface area contributed by atoms with Crippen LogP contribution in [0.1, 0.15) is 16.7 Å². The van der Waals surface area contributed by atoms with Gasteiger partial charge in [-0.1, -0.05) is 41.5 Å². The van der Waals surface area contributed by atoms with Crippen LogP contribution in [0.4, 0.5) is 10.5 Å². The van der Waals surface area contributed by atoms with Crippen molar-refractivity contribution in [2.24, 2.45) is 0 Å². The summed E-state index contributed by atoms with van der Waals surface area (Å²) in [6, 6.07) is 13.6. The molecule has 3 nitrogen and oxygen atoms in total. The molecule has 0 bridgehead atoms. The van der Waals surface area contributed by atoms with E-state index < -0.39 is 0 Å². The molecular weight excluding hydrogens is 316 g/mol. The van der Waals surface area contributed by atoms with Crippen molar-refractivity contribution in [1.82, 2.24) is 5.32 Å². The van der Waals surface area contributed by atoms with Crippen molar-refractivity contribution in [3.63, 3.8) is 0 Å². The number of para-hydroxylation sites is 1. The summed E-state index contributed by atoms with van der Waals surface area (Å²) in [6.45, 7) is 4.62. The van der Waals surface area contributed by atoms with Gasteiger partial charge in [0.2, 0.25) is 0 Å². The Bertz CT molecular complexity index is 605. The molecule has 2 aromatic carbocycles. The zero-order valence-electron chi connectivity index (χ0n) is 11.5. The van der Waals surface area contributed by atoms with Gasteiger partial charge in [-0.05, 0) is 47.5 Å². The number of carbonyl (C=O) groups excluding carboxylic acids is 1. The Balaban J connectivity index is 1.94. The van der Waals surface area contributed by atoms with E-state index in [0.717, 1.165) is 15.7 Å². The number of halogens is 1. The molecule has 0 saturated carbocycles. The monoisotopic (exact) mass is 332 g/mol. The molecule has 2 rings (SSSR count). The number of rotatable bonds is 3. The van der Waals surface area contributed by atoms with Gasteiger partial charge in [-0.3, -0.25) is 0 Å². The second kappa shape index (κ2) is 6.57. The Morgan fingerprint density at radius 1 is 1.10 bits per heavy atom. The lowest BCUT2D eigenvalue weighted by Crippen LogP contribution is -2.28. The van der Waals surface area contributed by atoms with Crippen molar-refractivity contribution in [1.29, 1.82) is 0 Å². The molecule has 0 aliphatic carbocycles. The third-order valence-electron chi connectivity index (χ3n) is 2.86. The van der Waals surface area contributed by atoms with Crippen molar-refractivity contribution in [3.8, 4) is 0 Å². The summed E-state index contributed by atoms with van der Waals surface area (Å²) in [5.74, 6) is 0. The number of nitrogens with one attached hydrogen (secondary N) is 2. The highest BCUT2D eigenvalue weighted by Gasteiger charge is 2.04. The van der Waals surface area contributed by atoms with Crippen LogP contribution >= 0.6 is 15.9 Å². The van der Waals surface area contributed by atoms with Crippen molar-refractivity contribution in [2.75, 3.05) is 5.32 Å². The maximum atomic E-state index is 11.9. The quantitative estimate of drug-likeness (QED) is 0.859. The maximum Gasteiger partial charge on any atom is 0.319 e. The van der Waals surface area contributed by atoms with Gasteiger partial charge in [0.05, 0.1) is 5.69 Å². The third-order valence-corrected chi connectivity index (χ3v) is 3.55. The first-order valence-electron chi connectivity index (χ1n) is 6.41. The highest BCUT2D eigenvalue weighted by atomic mass is 79.9. The standard InChI is InChI=1S/C16H17BrN2O/c1-11-7-12(2)9-13(8-11)10-18-16(20)19-15-6-4-3-5-14(15)17/h3-9H,10H2,1-2H3,(H2,18,19,20). The molecule has 0 atom stereocenters. The van der Waals surface area contributed by atoms with E-state index >= 15 is 0 Å². The van der Waals surface area contributed by atoms with Crippen LogP contribution in [0.15, 0.2) is 46.9 Å². The molecule has 0 spiro atoms. The molecular formula is C16H17BrN2O. The first-order chi connectivity index (χ1) is 9.54. The Morgan fingerprint density at radius 2 is 1.75 bits per heavy atom. The number of urea groups is 1. The van der Waals surface area contributed by atoms with Gasteiger partial charge in [0.15, 0.2) is 0 Å². The van der Waals surface area contributed by atoms with Crippen molar-refractivity contribution >= 4 is 27.6 Å². The summed E-state index contributed by atoms with van der Waals surface area (Å²) < 4.78 is 0.863. The summed E-state index contributed by atoms with van der Waals surface area (Å²) >= 11 is 3.40. The highest BCUT2D eigenvalue weighted by Crippen LogP contribution is 2.20. The minimum atomic E-state index is -0.212. The normalized spacial score (nSPS) is 10.2. The van der Waals surface area contributed by atoms with E-state index in [1.54, 1.807) is 0 Å². The summed E-state index contributed by atoms with van der Waals surface area (Å²) in [7, 11) is 0. The molecule has 4 heteroatoms. The van der Waals surface area contributed by atoms with Gasteiger partial charge in [-0.15, -0.1) is 0 Å². The lowest BCUT2D eigenvalue weighted by molar-refractivity contribution is 0.251. The van der Waals surface area contributed by atoms with Gasteiger partial charge < -0.3 is 10.6 Å². The topological polar surface area (TPSA) is 41.1 Å². The molecule has 20 heavy (non-hydrogen) atoms. The first-order valence-corrected chi connectivity index (χ1v) is 7.20. The number of amides is 2. The van der Waals surface area contributed by atoms with Crippen molar-refractivity contribution in [3.05, 3.63) is 63.6 Å². The number of hydrogen-bond acceptors (Lipinski definition) is 1. The van der Waals surface area contributed by atoms with Crippen LogP contribution in [0.2, 0.25) is 0 Å². The molecule has 0 saturated heterocycles. The Morgan fingerprint density at radius 3 is 2.40 bits per heavy atom. The molecule has 2 aromatic rings. The van der Waals surface area contributed by atoms with Crippen LogP contribution in [0.3, 0.4) is 0 Å². The molecule has 0 aliphatic rings. The fourth-order valence-corrected chi connectivity index (χ4v) is 2.47. The SMILES string of the molecule is Cc1cc(C)cc(CNC(=O)Nc2ccccc2Br)c1. The van der Waals surface area contributed by atoms with E-state index in [0.29, 0.717) is 6.54 Å². The minimum Gasteiger partial charge on any atom is -0.334 e. The summed E-state index contributed by atoms with van der Waals surface area (Å²) in [4.78, 5) is 11.9. The van der Waals surface area contributed by atoms with Gasteiger partial charge in [0, 0.05) is 11.0 Å². The molecule has 0 heterocycles. The minimum absolute atomic E-state index is 0.212. The lowest BCUT2D eigenvalue weighted by Gasteiger charge is -2.10. The predicted molar refractivity (Wildman–Crippen MR) is 85.9 cm³/mol. The van der Waals surface area contributed by atoms with Crippen LogP contribution < -0.4 is 10.6 Å². The Kier molecular flexibility index (Phi) is 4.79. The van der Waals surface area contributed by atoms with Crippen molar-refractivity contribution in [2.45, 2.75) is 20.4 Å². The maximum absolute atomic E-state index is 11.9. The van der Waals surface area contributed by atoms with Gasteiger partial charge in [-0.2, -0.15) is 0 Å². The second-order valence-electron chi connectivity index (χ2n) is 4.78. The van der Waals surface area contributed by atoms with Crippen molar-refractivity contribution < 1.29 is 4.79 Å². The van der Waals surface area contributed by atoms with E-state index in [4.69, 9.17) is 0 Å². The predicted octanol–water partition coefficient (Wildman–Crippen LogP) is 4.39. The number of benzene rings is 2. The van der Waals surface area contributed by atoms with E-state index in [2.05, 4.69) is 58.6 Å².